The lowest BCUT2D eigenvalue weighted by molar-refractivity contribution is 0.252. The third-order valence-electron chi connectivity index (χ3n) is 3.04. The van der Waals surface area contributed by atoms with Crippen LogP contribution in [0.25, 0.3) is 0 Å². The quantitative estimate of drug-likeness (QED) is 0.826. The molecule has 0 unspecified atom stereocenters. The zero-order chi connectivity index (χ0) is 13.3. The summed E-state index contributed by atoms with van der Waals surface area (Å²) in [6.07, 6.45) is 2.86. The summed E-state index contributed by atoms with van der Waals surface area (Å²) in [6, 6.07) is 16.6. The Labute approximate surface area is 115 Å². The van der Waals surface area contributed by atoms with Crippen LogP contribution < -0.4 is 5.73 Å². The molecule has 0 aliphatic carbocycles. The van der Waals surface area contributed by atoms with Crippen molar-refractivity contribution in [2.75, 3.05) is 13.1 Å². The third-order valence-corrected chi connectivity index (χ3v) is 3.04. The molecular formula is C16H21N3. The van der Waals surface area contributed by atoms with Gasteiger partial charge >= 0.3 is 0 Å². The molecule has 2 N–H and O–H groups in total. The van der Waals surface area contributed by atoms with E-state index in [9.17, 15) is 0 Å². The van der Waals surface area contributed by atoms with Gasteiger partial charge in [0.15, 0.2) is 0 Å². The van der Waals surface area contributed by atoms with Crippen LogP contribution in [0.4, 0.5) is 0 Å². The van der Waals surface area contributed by atoms with Gasteiger partial charge in [-0.25, -0.2) is 0 Å². The van der Waals surface area contributed by atoms with Crippen LogP contribution in [0.5, 0.6) is 0 Å². The maximum absolute atomic E-state index is 5.62. The molecule has 0 bridgehead atoms. The Kier molecular flexibility index (Phi) is 5.53. The minimum absolute atomic E-state index is 0.730. The first kappa shape index (κ1) is 13.7. The molecule has 2 rings (SSSR count). The van der Waals surface area contributed by atoms with Crippen molar-refractivity contribution < 1.29 is 0 Å². The number of nitrogens with zero attached hydrogens (tertiary/aromatic N) is 2. The van der Waals surface area contributed by atoms with Crippen molar-refractivity contribution in [3.8, 4) is 0 Å². The lowest BCUT2D eigenvalue weighted by Gasteiger charge is -2.21. The maximum atomic E-state index is 5.62. The summed E-state index contributed by atoms with van der Waals surface area (Å²) in [6.45, 7) is 3.54. The molecule has 0 atom stereocenters. The van der Waals surface area contributed by atoms with Gasteiger partial charge in [0.2, 0.25) is 0 Å². The molecule has 100 valence electrons. The Morgan fingerprint density at radius 1 is 0.947 bits per heavy atom. The summed E-state index contributed by atoms with van der Waals surface area (Å²) in [5, 5.41) is 0. The zero-order valence-corrected chi connectivity index (χ0v) is 11.2. The smallest absolute Gasteiger partial charge is 0.0544 e. The van der Waals surface area contributed by atoms with Crippen LogP contribution in [0.3, 0.4) is 0 Å². The summed E-state index contributed by atoms with van der Waals surface area (Å²) in [5.74, 6) is 0. The third kappa shape index (κ3) is 4.81. The average Bonchev–Trinajstić information content (AvgIpc) is 2.47. The molecule has 0 amide bonds. The van der Waals surface area contributed by atoms with Crippen LogP contribution in [0, 0.1) is 0 Å². The highest BCUT2D eigenvalue weighted by Crippen LogP contribution is 2.08. The van der Waals surface area contributed by atoms with Crippen molar-refractivity contribution in [3.05, 3.63) is 66.0 Å². The highest BCUT2D eigenvalue weighted by molar-refractivity contribution is 5.14. The molecule has 0 saturated carbocycles. The second kappa shape index (κ2) is 7.67. The van der Waals surface area contributed by atoms with E-state index in [-0.39, 0.29) is 0 Å². The molecule has 0 aliphatic rings. The van der Waals surface area contributed by atoms with Crippen LogP contribution in [-0.2, 0) is 13.1 Å². The molecule has 0 fully saturated rings. The van der Waals surface area contributed by atoms with E-state index in [1.54, 1.807) is 0 Å². The van der Waals surface area contributed by atoms with Crippen molar-refractivity contribution >= 4 is 0 Å². The van der Waals surface area contributed by atoms with Crippen molar-refractivity contribution in [1.29, 1.82) is 0 Å². The minimum Gasteiger partial charge on any atom is -0.330 e. The van der Waals surface area contributed by atoms with Crippen LogP contribution in [0.15, 0.2) is 54.7 Å². The van der Waals surface area contributed by atoms with Gasteiger partial charge in [0.05, 0.1) is 5.69 Å². The Morgan fingerprint density at radius 3 is 2.42 bits per heavy atom. The molecule has 0 radical (unpaired) electrons. The monoisotopic (exact) mass is 255 g/mol. The molecule has 0 saturated heterocycles. The number of pyridine rings is 1. The van der Waals surface area contributed by atoms with Gasteiger partial charge < -0.3 is 5.73 Å². The number of aromatic nitrogens is 1. The first-order valence-corrected chi connectivity index (χ1v) is 6.75. The molecule has 3 nitrogen and oxygen atoms in total. The van der Waals surface area contributed by atoms with E-state index in [1.807, 2.05) is 24.4 Å². The Bertz CT molecular complexity index is 414. The summed E-state index contributed by atoms with van der Waals surface area (Å²) in [5.41, 5.74) is 8.06. The predicted octanol–water partition coefficient (Wildman–Crippen LogP) is 2.43. The number of benzene rings is 1. The zero-order valence-electron chi connectivity index (χ0n) is 11.2. The lowest BCUT2D eigenvalue weighted by Crippen LogP contribution is -2.26. The van der Waals surface area contributed by atoms with Crippen molar-refractivity contribution in [2.45, 2.75) is 19.5 Å². The molecule has 0 aliphatic heterocycles. The van der Waals surface area contributed by atoms with E-state index in [2.05, 4.69) is 40.2 Å². The van der Waals surface area contributed by atoms with Crippen molar-refractivity contribution in [2.24, 2.45) is 5.73 Å². The predicted molar refractivity (Wildman–Crippen MR) is 78.5 cm³/mol. The summed E-state index contributed by atoms with van der Waals surface area (Å²) >= 11 is 0. The van der Waals surface area contributed by atoms with Crippen LogP contribution in [0.2, 0.25) is 0 Å². The summed E-state index contributed by atoms with van der Waals surface area (Å²) in [7, 11) is 0. The molecule has 1 aromatic heterocycles. The van der Waals surface area contributed by atoms with E-state index in [4.69, 9.17) is 5.73 Å². The normalized spacial score (nSPS) is 10.8. The van der Waals surface area contributed by atoms with Crippen LogP contribution in [0.1, 0.15) is 17.7 Å². The summed E-state index contributed by atoms with van der Waals surface area (Å²) < 4.78 is 0. The summed E-state index contributed by atoms with van der Waals surface area (Å²) in [4.78, 5) is 6.79. The second-order valence-corrected chi connectivity index (χ2v) is 4.66. The molecule has 0 spiro atoms. The molecule has 3 heteroatoms. The highest BCUT2D eigenvalue weighted by Gasteiger charge is 2.07. The number of nitrogens with two attached hydrogens (primary N) is 1. The van der Waals surface area contributed by atoms with Gasteiger partial charge in [-0.1, -0.05) is 36.4 Å². The second-order valence-electron chi connectivity index (χ2n) is 4.66. The molecule has 2 aromatic rings. The fourth-order valence-electron chi connectivity index (χ4n) is 2.09. The van der Waals surface area contributed by atoms with Gasteiger partial charge in [-0.3, -0.25) is 9.88 Å². The Balaban J connectivity index is 1.99. The highest BCUT2D eigenvalue weighted by atomic mass is 15.1. The van der Waals surface area contributed by atoms with E-state index in [0.29, 0.717) is 0 Å². The van der Waals surface area contributed by atoms with Gasteiger partial charge in [-0.15, -0.1) is 0 Å². The Morgan fingerprint density at radius 2 is 1.74 bits per heavy atom. The van der Waals surface area contributed by atoms with Gasteiger partial charge in [-0.2, -0.15) is 0 Å². The fourth-order valence-corrected chi connectivity index (χ4v) is 2.09. The maximum Gasteiger partial charge on any atom is 0.0544 e. The van der Waals surface area contributed by atoms with Gasteiger partial charge in [0.1, 0.15) is 0 Å². The molecular weight excluding hydrogens is 234 g/mol. The van der Waals surface area contributed by atoms with E-state index in [1.165, 1.54) is 5.56 Å². The molecule has 19 heavy (non-hydrogen) atoms. The van der Waals surface area contributed by atoms with Crippen LogP contribution in [-0.4, -0.2) is 23.0 Å². The van der Waals surface area contributed by atoms with Crippen molar-refractivity contribution in [3.63, 3.8) is 0 Å². The van der Waals surface area contributed by atoms with Crippen LogP contribution >= 0.6 is 0 Å². The van der Waals surface area contributed by atoms with E-state index in [0.717, 1.165) is 38.3 Å². The standard InChI is InChI=1S/C16H21N3/c17-10-6-12-19(13-15-7-2-1-3-8-15)14-16-9-4-5-11-18-16/h1-5,7-9,11H,6,10,12-14,17H2. The van der Waals surface area contributed by atoms with E-state index < -0.39 is 0 Å². The SMILES string of the molecule is NCCCN(Cc1ccccc1)Cc1ccccn1. The topological polar surface area (TPSA) is 42.1 Å². The number of hydrogen-bond donors (Lipinski definition) is 1. The van der Waals surface area contributed by atoms with E-state index >= 15 is 0 Å². The average molecular weight is 255 g/mol. The van der Waals surface area contributed by atoms with Gasteiger partial charge in [-0.05, 0) is 30.7 Å². The lowest BCUT2D eigenvalue weighted by atomic mass is 10.2. The van der Waals surface area contributed by atoms with Crippen molar-refractivity contribution in [1.82, 2.24) is 9.88 Å². The first-order chi connectivity index (χ1) is 9.38. The van der Waals surface area contributed by atoms with Gasteiger partial charge in [0.25, 0.3) is 0 Å². The first-order valence-electron chi connectivity index (χ1n) is 6.75. The largest absolute Gasteiger partial charge is 0.330 e. The fraction of sp³-hybridized carbons (Fsp3) is 0.312. The minimum atomic E-state index is 0.730. The molecule has 1 heterocycles. The number of hydrogen-bond acceptors (Lipinski definition) is 3. The number of rotatable bonds is 7. The Hall–Kier alpha value is -1.71. The molecule has 1 aromatic carbocycles. The van der Waals surface area contributed by atoms with Gasteiger partial charge in [0, 0.05) is 25.8 Å².